The lowest BCUT2D eigenvalue weighted by Gasteiger charge is -2.37. The maximum atomic E-state index is 5.30. The quantitative estimate of drug-likeness (QED) is 0.312. The summed E-state index contributed by atoms with van der Waals surface area (Å²) in [7, 11) is 1.82. The van der Waals surface area contributed by atoms with E-state index < -0.39 is 0 Å². The van der Waals surface area contributed by atoms with E-state index >= 15 is 0 Å². The van der Waals surface area contributed by atoms with Crippen molar-refractivity contribution >= 4 is 46.3 Å². The molecule has 29 heavy (non-hydrogen) atoms. The molecule has 0 aromatic carbocycles. The number of rotatable bonds is 5. The molecule has 1 aliphatic rings. The lowest BCUT2D eigenvalue weighted by atomic mass is 10.3. The van der Waals surface area contributed by atoms with Gasteiger partial charge in [0.25, 0.3) is 5.89 Å². The fourth-order valence-electron chi connectivity index (χ4n) is 3.16. The van der Waals surface area contributed by atoms with Gasteiger partial charge in [0.05, 0.1) is 5.00 Å². The van der Waals surface area contributed by atoms with Crippen molar-refractivity contribution in [2.75, 3.05) is 44.7 Å². The Bertz CT molecular complexity index is 892. The average Bonchev–Trinajstić information content (AvgIpc) is 3.45. The van der Waals surface area contributed by atoms with Gasteiger partial charge in [-0.25, -0.2) is 0 Å². The summed E-state index contributed by atoms with van der Waals surface area (Å²) < 4.78 is 5.30. The molecular formula is C19H24IN7OS. The minimum absolute atomic E-state index is 0. The second-order valence-corrected chi connectivity index (χ2v) is 7.31. The lowest BCUT2D eigenvalue weighted by molar-refractivity contribution is 0.373. The highest BCUT2D eigenvalue weighted by atomic mass is 127. The first-order valence-electron chi connectivity index (χ1n) is 9.31. The van der Waals surface area contributed by atoms with Crippen molar-refractivity contribution in [2.45, 2.75) is 6.42 Å². The van der Waals surface area contributed by atoms with E-state index in [4.69, 9.17) is 4.52 Å². The number of guanidine groups is 1. The summed E-state index contributed by atoms with van der Waals surface area (Å²) in [5.74, 6) is 2.02. The molecule has 1 aliphatic heterocycles. The van der Waals surface area contributed by atoms with E-state index in [1.54, 1.807) is 17.5 Å². The van der Waals surface area contributed by atoms with Crippen LogP contribution in [0.5, 0.6) is 0 Å². The molecule has 4 heterocycles. The molecule has 1 fully saturated rings. The number of hydrogen-bond donors (Lipinski definition) is 1. The molecule has 0 atom stereocenters. The Morgan fingerprint density at radius 1 is 1.21 bits per heavy atom. The first-order valence-corrected chi connectivity index (χ1v) is 10.2. The number of thiophene rings is 1. The Balaban J connectivity index is 0.00000240. The van der Waals surface area contributed by atoms with Gasteiger partial charge in [-0.1, -0.05) is 11.2 Å². The van der Waals surface area contributed by atoms with Crippen molar-refractivity contribution in [1.29, 1.82) is 0 Å². The van der Waals surface area contributed by atoms with Gasteiger partial charge in [-0.15, -0.1) is 35.3 Å². The summed E-state index contributed by atoms with van der Waals surface area (Å²) in [6.45, 7) is 4.59. The number of hydrogen-bond acceptors (Lipinski definition) is 7. The van der Waals surface area contributed by atoms with Gasteiger partial charge in [0, 0.05) is 52.4 Å². The summed E-state index contributed by atoms with van der Waals surface area (Å²) in [4.78, 5) is 17.8. The van der Waals surface area contributed by atoms with Crippen molar-refractivity contribution in [2.24, 2.45) is 4.99 Å². The number of anilines is 1. The van der Waals surface area contributed by atoms with E-state index in [9.17, 15) is 0 Å². The van der Waals surface area contributed by atoms with E-state index in [-0.39, 0.29) is 24.0 Å². The highest BCUT2D eigenvalue weighted by Gasteiger charge is 2.20. The van der Waals surface area contributed by atoms with Crippen LogP contribution < -0.4 is 10.2 Å². The third-order valence-electron chi connectivity index (χ3n) is 4.59. The van der Waals surface area contributed by atoms with Crippen LogP contribution in [-0.4, -0.2) is 65.8 Å². The number of nitrogens with one attached hydrogen (secondary N) is 1. The second kappa shape index (κ2) is 10.5. The van der Waals surface area contributed by atoms with Crippen LogP contribution in [0, 0.1) is 0 Å². The van der Waals surface area contributed by atoms with Crippen LogP contribution in [0.25, 0.3) is 11.6 Å². The third kappa shape index (κ3) is 5.44. The van der Waals surface area contributed by atoms with Crippen LogP contribution in [0.15, 0.2) is 51.4 Å². The van der Waals surface area contributed by atoms with Crippen LogP contribution in [-0.2, 0) is 6.42 Å². The minimum Gasteiger partial charge on any atom is -0.360 e. The molecule has 0 radical (unpaired) electrons. The predicted octanol–water partition coefficient (Wildman–Crippen LogP) is 2.75. The van der Waals surface area contributed by atoms with Gasteiger partial charge in [-0.3, -0.25) is 9.98 Å². The molecule has 10 heteroatoms. The molecule has 1 saturated heterocycles. The molecule has 3 aromatic heterocycles. The number of nitrogens with zero attached hydrogens (tertiary/aromatic N) is 6. The van der Waals surface area contributed by atoms with Gasteiger partial charge in [-0.2, -0.15) is 4.98 Å². The Hall–Kier alpha value is -2.21. The Morgan fingerprint density at radius 2 is 2.07 bits per heavy atom. The zero-order valence-electron chi connectivity index (χ0n) is 16.2. The monoisotopic (exact) mass is 525 g/mol. The average molecular weight is 525 g/mol. The summed E-state index contributed by atoms with van der Waals surface area (Å²) in [5.41, 5.74) is 0.689. The zero-order valence-corrected chi connectivity index (χ0v) is 19.3. The number of pyridine rings is 1. The fourth-order valence-corrected chi connectivity index (χ4v) is 3.94. The van der Waals surface area contributed by atoms with Gasteiger partial charge in [0.15, 0.2) is 11.8 Å². The molecule has 3 aromatic rings. The molecule has 0 unspecified atom stereocenters. The van der Waals surface area contributed by atoms with Gasteiger partial charge in [0.1, 0.15) is 5.69 Å². The predicted molar refractivity (Wildman–Crippen MR) is 126 cm³/mol. The second-order valence-electron chi connectivity index (χ2n) is 6.38. The van der Waals surface area contributed by atoms with Gasteiger partial charge in [-0.05, 0) is 29.6 Å². The molecule has 0 bridgehead atoms. The number of aliphatic imine (C=N–C) groups is 1. The molecule has 8 nitrogen and oxygen atoms in total. The maximum Gasteiger partial charge on any atom is 0.276 e. The fraction of sp³-hybridized carbons (Fsp3) is 0.368. The summed E-state index contributed by atoms with van der Waals surface area (Å²) in [5, 5.41) is 10.9. The maximum absolute atomic E-state index is 5.30. The van der Waals surface area contributed by atoms with Crippen molar-refractivity contribution < 1.29 is 4.52 Å². The first-order chi connectivity index (χ1) is 13.8. The van der Waals surface area contributed by atoms with E-state index in [2.05, 4.69) is 52.7 Å². The summed E-state index contributed by atoms with van der Waals surface area (Å²) >= 11 is 1.79. The number of aromatic nitrogens is 3. The van der Waals surface area contributed by atoms with Crippen molar-refractivity contribution in [1.82, 2.24) is 25.3 Å². The molecule has 154 valence electrons. The largest absolute Gasteiger partial charge is 0.360 e. The minimum atomic E-state index is 0. The van der Waals surface area contributed by atoms with Crippen LogP contribution in [0.3, 0.4) is 0 Å². The normalized spacial score (nSPS) is 14.6. The highest BCUT2D eigenvalue weighted by molar-refractivity contribution is 14.0. The lowest BCUT2D eigenvalue weighted by Crippen LogP contribution is -2.52. The Morgan fingerprint density at radius 3 is 2.76 bits per heavy atom. The topological polar surface area (TPSA) is 82.7 Å². The van der Waals surface area contributed by atoms with Crippen molar-refractivity contribution in [3.05, 3.63) is 47.7 Å². The van der Waals surface area contributed by atoms with Crippen LogP contribution in [0.2, 0.25) is 0 Å². The molecule has 0 aliphatic carbocycles. The van der Waals surface area contributed by atoms with Crippen molar-refractivity contribution in [3.63, 3.8) is 0 Å². The SMILES string of the molecule is CN=C(NCCc1noc(-c2ccccn2)n1)N1CCN(c2cccs2)CC1.I. The van der Waals surface area contributed by atoms with Gasteiger partial charge >= 0.3 is 0 Å². The van der Waals surface area contributed by atoms with Gasteiger partial charge in [0.2, 0.25) is 0 Å². The van der Waals surface area contributed by atoms with Crippen molar-refractivity contribution in [3.8, 4) is 11.6 Å². The Labute approximate surface area is 191 Å². The molecule has 4 rings (SSSR count). The smallest absolute Gasteiger partial charge is 0.276 e. The third-order valence-corrected chi connectivity index (χ3v) is 5.52. The molecule has 1 N–H and O–H groups in total. The summed E-state index contributed by atoms with van der Waals surface area (Å²) in [6, 6.07) is 9.89. The number of halogens is 1. The van der Waals surface area contributed by atoms with E-state index in [0.29, 0.717) is 30.4 Å². The highest BCUT2D eigenvalue weighted by Crippen LogP contribution is 2.22. The van der Waals surface area contributed by atoms with Crippen LogP contribution >= 0.6 is 35.3 Å². The molecule has 0 amide bonds. The van der Waals surface area contributed by atoms with E-state index in [1.165, 1.54) is 5.00 Å². The Kier molecular flexibility index (Phi) is 7.81. The van der Waals surface area contributed by atoms with Crippen LogP contribution in [0.1, 0.15) is 5.82 Å². The number of piperazine rings is 1. The molecule has 0 spiro atoms. The molecular weight excluding hydrogens is 501 g/mol. The van der Waals surface area contributed by atoms with E-state index in [0.717, 1.165) is 32.1 Å². The standard InChI is InChI=1S/C19H23N7OS.HI/c1-20-19(26-12-10-25(11-13-26)17-6-4-14-28-17)22-9-7-16-23-18(27-24-16)15-5-2-3-8-21-15;/h2-6,8,14H,7,9-13H2,1H3,(H,20,22);1H. The zero-order chi connectivity index (χ0) is 19.2. The van der Waals surface area contributed by atoms with E-state index in [1.807, 2.05) is 25.2 Å². The molecule has 0 saturated carbocycles. The van der Waals surface area contributed by atoms with Gasteiger partial charge < -0.3 is 19.6 Å². The van der Waals surface area contributed by atoms with Crippen LogP contribution in [0.4, 0.5) is 5.00 Å². The summed E-state index contributed by atoms with van der Waals surface area (Å²) in [6.07, 6.45) is 2.37. The first kappa shape index (κ1) is 21.5.